The van der Waals surface area contributed by atoms with E-state index in [0.29, 0.717) is 4.99 Å². The van der Waals surface area contributed by atoms with Crippen LogP contribution in [0.5, 0.6) is 0 Å². The van der Waals surface area contributed by atoms with Crippen molar-refractivity contribution in [3.8, 4) is 0 Å². The topological polar surface area (TPSA) is 64.3 Å². The Balaban J connectivity index is 2.44. The highest BCUT2D eigenvalue weighted by molar-refractivity contribution is 7.80. The van der Waals surface area contributed by atoms with Crippen molar-refractivity contribution >= 4 is 23.1 Å². The van der Waals surface area contributed by atoms with Gasteiger partial charge in [-0.3, -0.25) is 4.79 Å². The lowest BCUT2D eigenvalue weighted by Crippen LogP contribution is -2.45. The van der Waals surface area contributed by atoms with E-state index in [4.69, 9.17) is 22.7 Å². The molecule has 0 aromatic carbocycles. The first-order chi connectivity index (χ1) is 7.65. The molecule has 0 bridgehead atoms. The number of amides is 1. The van der Waals surface area contributed by atoms with E-state index in [9.17, 15) is 4.79 Å². The van der Waals surface area contributed by atoms with E-state index >= 15 is 0 Å². The van der Waals surface area contributed by atoms with Crippen LogP contribution in [0.15, 0.2) is 0 Å². The Kier molecular flexibility index (Phi) is 5.69. The largest absolute Gasteiger partial charge is 0.393 e. The van der Waals surface area contributed by atoms with Crippen LogP contribution >= 0.6 is 12.2 Å². The van der Waals surface area contributed by atoms with E-state index in [2.05, 4.69) is 5.32 Å². The fourth-order valence-corrected chi connectivity index (χ4v) is 2.06. The Morgan fingerprint density at radius 2 is 2.19 bits per heavy atom. The van der Waals surface area contributed by atoms with Crippen molar-refractivity contribution in [2.75, 3.05) is 13.2 Å². The predicted octanol–water partition coefficient (Wildman–Crippen LogP) is 0.984. The number of carbonyl (C=O) groups is 1. The molecular formula is C11H20N2O2S. The highest BCUT2D eigenvalue weighted by Gasteiger charge is 2.23. The highest BCUT2D eigenvalue weighted by atomic mass is 32.1. The van der Waals surface area contributed by atoms with Gasteiger partial charge in [0.1, 0.15) is 0 Å². The molecule has 1 unspecified atom stereocenters. The van der Waals surface area contributed by atoms with Crippen LogP contribution in [0, 0.1) is 5.92 Å². The minimum Gasteiger partial charge on any atom is -0.393 e. The second-order valence-corrected chi connectivity index (χ2v) is 4.61. The molecular weight excluding hydrogens is 224 g/mol. The Morgan fingerprint density at radius 3 is 2.69 bits per heavy atom. The molecule has 16 heavy (non-hydrogen) atoms. The van der Waals surface area contributed by atoms with Crippen molar-refractivity contribution < 1.29 is 9.53 Å². The average Bonchev–Trinajstić information content (AvgIpc) is 2.26. The molecule has 1 fully saturated rings. The lowest BCUT2D eigenvalue weighted by Gasteiger charge is -2.25. The van der Waals surface area contributed by atoms with Crippen LogP contribution in [0.2, 0.25) is 0 Å². The van der Waals surface area contributed by atoms with Gasteiger partial charge in [-0.15, -0.1) is 0 Å². The summed E-state index contributed by atoms with van der Waals surface area (Å²) in [5.41, 5.74) is 5.57. The van der Waals surface area contributed by atoms with E-state index in [1.54, 1.807) is 0 Å². The van der Waals surface area contributed by atoms with Crippen molar-refractivity contribution in [2.24, 2.45) is 11.7 Å². The van der Waals surface area contributed by atoms with Gasteiger partial charge in [0.05, 0.1) is 10.9 Å². The number of ether oxygens (including phenoxy) is 1. The molecule has 1 aliphatic heterocycles. The highest BCUT2D eigenvalue weighted by Crippen LogP contribution is 2.11. The summed E-state index contributed by atoms with van der Waals surface area (Å²) < 4.78 is 5.23. The minimum absolute atomic E-state index is 0.0266. The second-order valence-electron chi connectivity index (χ2n) is 4.14. The SMILES string of the molecule is CCCC(C(=O)NC1CCOCC1)C(N)=S. The molecule has 1 atom stereocenters. The van der Waals surface area contributed by atoms with Gasteiger partial charge in [-0.2, -0.15) is 0 Å². The standard InChI is InChI=1S/C11H20N2O2S/c1-2-3-9(10(12)16)11(14)13-8-4-6-15-7-5-8/h8-9H,2-7H2,1H3,(H2,12,16)(H,13,14). The molecule has 0 saturated carbocycles. The molecule has 0 aromatic heterocycles. The fourth-order valence-electron chi connectivity index (χ4n) is 1.83. The summed E-state index contributed by atoms with van der Waals surface area (Å²) in [6.07, 6.45) is 3.39. The van der Waals surface area contributed by atoms with E-state index < -0.39 is 0 Å². The number of hydrogen-bond donors (Lipinski definition) is 2. The Morgan fingerprint density at radius 1 is 1.56 bits per heavy atom. The molecule has 1 rings (SSSR count). The third-order valence-electron chi connectivity index (χ3n) is 2.80. The van der Waals surface area contributed by atoms with Crippen LogP contribution in [0.1, 0.15) is 32.6 Å². The van der Waals surface area contributed by atoms with Crippen molar-refractivity contribution in [3.63, 3.8) is 0 Å². The third kappa shape index (κ3) is 4.06. The van der Waals surface area contributed by atoms with Gasteiger partial charge in [0.15, 0.2) is 0 Å². The zero-order valence-corrected chi connectivity index (χ0v) is 10.5. The lowest BCUT2D eigenvalue weighted by atomic mass is 10.0. The predicted molar refractivity (Wildman–Crippen MR) is 67.2 cm³/mol. The molecule has 4 nitrogen and oxygen atoms in total. The van der Waals surface area contributed by atoms with E-state index in [1.165, 1.54) is 0 Å². The first-order valence-corrected chi connectivity index (χ1v) is 6.23. The number of thiocarbonyl (C=S) groups is 1. The number of hydrogen-bond acceptors (Lipinski definition) is 3. The first-order valence-electron chi connectivity index (χ1n) is 5.82. The summed E-state index contributed by atoms with van der Waals surface area (Å²) >= 11 is 4.92. The molecule has 1 heterocycles. The summed E-state index contributed by atoms with van der Waals surface area (Å²) in [5, 5.41) is 3.00. The molecule has 0 aliphatic carbocycles. The van der Waals surface area contributed by atoms with Gasteiger partial charge in [0.2, 0.25) is 5.91 Å². The number of nitrogens with one attached hydrogen (secondary N) is 1. The van der Waals surface area contributed by atoms with Gasteiger partial charge >= 0.3 is 0 Å². The van der Waals surface area contributed by atoms with Gasteiger partial charge in [0.25, 0.3) is 0 Å². The summed E-state index contributed by atoms with van der Waals surface area (Å²) in [4.78, 5) is 12.2. The maximum absolute atomic E-state index is 11.9. The van der Waals surface area contributed by atoms with Crippen molar-refractivity contribution in [1.82, 2.24) is 5.32 Å². The average molecular weight is 244 g/mol. The summed E-state index contributed by atoms with van der Waals surface area (Å²) in [6.45, 7) is 3.46. The van der Waals surface area contributed by atoms with E-state index in [1.807, 2.05) is 6.92 Å². The van der Waals surface area contributed by atoms with Crippen LogP contribution in [0.4, 0.5) is 0 Å². The molecule has 1 aliphatic rings. The molecule has 1 amide bonds. The van der Waals surface area contributed by atoms with Crippen LogP contribution < -0.4 is 11.1 Å². The minimum atomic E-state index is -0.317. The van der Waals surface area contributed by atoms with Crippen molar-refractivity contribution in [1.29, 1.82) is 0 Å². The van der Waals surface area contributed by atoms with Crippen LogP contribution in [-0.4, -0.2) is 30.2 Å². The van der Waals surface area contributed by atoms with Crippen LogP contribution in [0.25, 0.3) is 0 Å². The van der Waals surface area contributed by atoms with Crippen molar-refractivity contribution in [2.45, 2.75) is 38.6 Å². The Hall–Kier alpha value is -0.680. The quantitative estimate of drug-likeness (QED) is 0.708. The molecule has 0 aromatic rings. The van der Waals surface area contributed by atoms with Gasteiger partial charge in [-0.05, 0) is 19.3 Å². The fraction of sp³-hybridized carbons (Fsp3) is 0.818. The van der Waals surface area contributed by atoms with Crippen LogP contribution in [0.3, 0.4) is 0 Å². The van der Waals surface area contributed by atoms with Gasteiger partial charge in [-0.25, -0.2) is 0 Å². The normalized spacial score (nSPS) is 19.1. The molecule has 1 saturated heterocycles. The smallest absolute Gasteiger partial charge is 0.230 e. The zero-order chi connectivity index (χ0) is 12.0. The molecule has 0 spiro atoms. The van der Waals surface area contributed by atoms with E-state index in [0.717, 1.165) is 38.9 Å². The lowest BCUT2D eigenvalue weighted by molar-refractivity contribution is -0.124. The third-order valence-corrected chi connectivity index (χ3v) is 3.09. The molecule has 5 heteroatoms. The summed E-state index contributed by atoms with van der Waals surface area (Å²) in [5.74, 6) is -0.343. The second kappa shape index (κ2) is 6.81. The molecule has 0 radical (unpaired) electrons. The Labute approximate surface area is 102 Å². The van der Waals surface area contributed by atoms with Gasteiger partial charge < -0.3 is 15.8 Å². The molecule has 92 valence electrons. The first kappa shape index (κ1) is 13.4. The maximum Gasteiger partial charge on any atom is 0.230 e. The van der Waals surface area contributed by atoms with Gasteiger partial charge in [0, 0.05) is 19.3 Å². The van der Waals surface area contributed by atoms with E-state index in [-0.39, 0.29) is 17.9 Å². The van der Waals surface area contributed by atoms with Crippen molar-refractivity contribution in [3.05, 3.63) is 0 Å². The molecule has 3 N–H and O–H groups in total. The Bertz CT molecular complexity index is 252. The zero-order valence-electron chi connectivity index (χ0n) is 9.70. The summed E-state index contributed by atoms with van der Waals surface area (Å²) in [6, 6.07) is 0.218. The number of nitrogens with two attached hydrogens (primary N) is 1. The maximum atomic E-state index is 11.9. The van der Waals surface area contributed by atoms with Gasteiger partial charge in [-0.1, -0.05) is 25.6 Å². The van der Waals surface area contributed by atoms with Crippen LogP contribution in [-0.2, 0) is 9.53 Å². The number of carbonyl (C=O) groups excluding carboxylic acids is 1. The number of rotatable bonds is 5. The monoisotopic (exact) mass is 244 g/mol. The summed E-state index contributed by atoms with van der Waals surface area (Å²) in [7, 11) is 0.